The number of nitrogens with zero attached hydrogens (tertiary/aromatic N) is 1. The highest BCUT2D eigenvalue weighted by Gasteiger charge is 2.22. The zero-order valence-electron chi connectivity index (χ0n) is 10.0. The molecule has 19 heavy (non-hydrogen) atoms. The first kappa shape index (κ1) is 13.3. The molecule has 7 heteroatoms. The van der Waals surface area contributed by atoms with Gasteiger partial charge in [-0.3, -0.25) is 4.98 Å². The maximum Gasteiger partial charge on any atom is 0.371 e. The molecule has 0 amide bonds. The summed E-state index contributed by atoms with van der Waals surface area (Å²) in [6, 6.07) is 7.29. The van der Waals surface area contributed by atoms with Crippen molar-refractivity contribution in [2.45, 2.75) is 17.8 Å². The van der Waals surface area contributed by atoms with Crippen LogP contribution in [0.25, 0.3) is 0 Å². The highest BCUT2D eigenvalue weighted by atomic mass is 32.2. The molecule has 6 nitrogen and oxygen atoms in total. The third-order valence-electron chi connectivity index (χ3n) is 2.38. The number of carbonyl (C=O) groups is 1. The van der Waals surface area contributed by atoms with Gasteiger partial charge in [-0.2, -0.15) is 0 Å². The van der Waals surface area contributed by atoms with E-state index in [1.54, 1.807) is 25.1 Å². The Kier molecular flexibility index (Phi) is 3.39. The number of carboxylic acid groups (broad SMARTS) is 1. The summed E-state index contributed by atoms with van der Waals surface area (Å²) in [6.45, 7) is 1.76. The van der Waals surface area contributed by atoms with E-state index in [9.17, 15) is 13.2 Å². The Morgan fingerprint density at radius 2 is 2.05 bits per heavy atom. The fourth-order valence-corrected chi connectivity index (χ4v) is 2.73. The number of rotatable bonds is 4. The molecule has 0 saturated heterocycles. The third-order valence-corrected chi connectivity index (χ3v) is 3.89. The minimum absolute atomic E-state index is 0.332. The Hall–Kier alpha value is -2.15. The van der Waals surface area contributed by atoms with E-state index < -0.39 is 21.6 Å². The molecule has 2 aromatic heterocycles. The highest BCUT2D eigenvalue weighted by Crippen LogP contribution is 2.18. The molecule has 1 N–H and O–H groups in total. The summed E-state index contributed by atoms with van der Waals surface area (Å²) in [4.78, 5) is 14.7. The molecule has 0 unspecified atom stereocenters. The van der Waals surface area contributed by atoms with Crippen LogP contribution in [0.2, 0.25) is 0 Å². The summed E-state index contributed by atoms with van der Waals surface area (Å²) in [7, 11) is -3.74. The number of aromatic nitrogens is 1. The molecule has 2 rings (SSSR count). The van der Waals surface area contributed by atoms with Crippen LogP contribution in [0, 0.1) is 6.92 Å². The van der Waals surface area contributed by atoms with Crippen molar-refractivity contribution in [1.82, 2.24) is 4.98 Å². The monoisotopic (exact) mass is 281 g/mol. The lowest BCUT2D eigenvalue weighted by atomic mass is 10.3. The van der Waals surface area contributed by atoms with Crippen LogP contribution >= 0.6 is 0 Å². The Labute approximate surface area is 109 Å². The van der Waals surface area contributed by atoms with Gasteiger partial charge >= 0.3 is 5.97 Å². The molecule has 0 atom stereocenters. The second-order valence-electron chi connectivity index (χ2n) is 3.95. The van der Waals surface area contributed by atoms with Crippen LogP contribution in [0.5, 0.6) is 0 Å². The normalized spacial score (nSPS) is 11.4. The Balaban J connectivity index is 2.29. The summed E-state index contributed by atoms with van der Waals surface area (Å²) >= 11 is 0. The Bertz CT molecular complexity index is 717. The van der Waals surface area contributed by atoms with Crippen molar-refractivity contribution in [3.63, 3.8) is 0 Å². The fraction of sp³-hybridized carbons (Fsp3) is 0.167. The van der Waals surface area contributed by atoms with Gasteiger partial charge in [0, 0.05) is 5.69 Å². The largest absolute Gasteiger partial charge is 0.475 e. The number of hydrogen-bond acceptors (Lipinski definition) is 5. The molecule has 0 aliphatic carbocycles. The van der Waals surface area contributed by atoms with Gasteiger partial charge in [0.25, 0.3) is 0 Å². The zero-order valence-corrected chi connectivity index (χ0v) is 10.8. The summed E-state index contributed by atoms with van der Waals surface area (Å²) in [5, 5.41) is 8.32. The van der Waals surface area contributed by atoms with Crippen LogP contribution in [0.15, 0.2) is 39.8 Å². The quantitative estimate of drug-likeness (QED) is 0.915. The van der Waals surface area contributed by atoms with Crippen LogP contribution in [0.1, 0.15) is 21.9 Å². The van der Waals surface area contributed by atoms with Gasteiger partial charge in [0.05, 0.1) is 5.69 Å². The van der Waals surface area contributed by atoms with Crippen molar-refractivity contribution in [3.05, 3.63) is 47.5 Å². The maximum absolute atomic E-state index is 12.0. The van der Waals surface area contributed by atoms with Crippen LogP contribution in [-0.2, 0) is 15.6 Å². The smallest absolute Gasteiger partial charge is 0.371 e. The van der Waals surface area contributed by atoms with Gasteiger partial charge in [0.2, 0.25) is 20.7 Å². The van der Waals surface area contributed by atoms with Crippen LogP contribution in [0.3, 0.4) is 0 Å². The van der Waals surface area contributed by atoms with E-state index in [0.717, 1.165) is 12.1 Å². The molecule has 2 aromatic rings. The number of furan rings is 1. The zero-order chi connectivity index (χ0) is 14.0. The molecule has 0 radical (unpaired) electrons. The van der Waals surface area contributed by atoms with E-state index in [4.69, 9.17) is 9.52 Å². The molecule has 0 spiro atoms. The molecular formula is C12H11NO5S. The first-order chi connectivity index (χ1) is 8.88. The molecule has 2 heterocycles. The minimum Gasteiger partial charge on any atom is -0.475 e. The number of sulfone groups is 1. The molecule has 100 valence electrons. The van der Waals surface area contributed by atoms with E-state index >= 15 is 0 Å². The Morgan fingerprint density at radius 3 is 2.63 bits per heavy atom. The average molecular weight is 281 g/mol. The van der Waals surface area contributed by atoms with Crippen LogP contribution in [0.4, 0.5) is 0 Å². The molecule has 0 aliphatic heterocycles. The van der Waals surface area contributed by atoms with Gasteiger partial charge in [-0.1, -0.05) is 6.07 Å². The average Bonchev–Trinajstić information content (AvgIpc) is 2.78. The second kappa shape index (κ2) is 4.85. The van der Waals surface area contributed by atoms with Gasteiger partial charge in [0.1, 0.15) is 5.75 Å². The number of hydrogen-bond donors (Lipinski definition) is 1. The van der Waals surface area contributed by atoms with Crippen molar-refractivity contribution < 1.29 is 22.7 Å². The van der Waals surface area contributed by atoms with Crippen molar-refractivity contribution in [3.8, 4) is 0 Å². The first-order valence-electron chi connectivity index (χ1n) is 5.37. The molecule has 0 fully saturated rings. The standard InChI is InChI=1S/C12H11NO5S/c1-8-3-2-4-9(13-8)7-19(16,17)11-6-5-10(18-11)12(14)15/h2-6H,7H2,1H3,(H,14,15). The summed E-state index contributed by atoms with van der Waals surface area (Å²) in [6.07, 6.45) is 0. The van der Waals surface area contributed by atoms with Crippen molar-refractivity contribution in [1.29, 1.82) is 0 Å². The third kappa shape index (κ3) is 3.00. The molecule has 0 aliphatic rings. The number of aryl methyl sites for hydroxylation is 1. The van der Waals surface area contributed by atoms with Crippen LogP contribution in [-0.4, -0.2) is 24.5 Å². The van der Waals surface area contributed by atoms with Gasteiger partial charge in [-0.25, -0.2) is 13.2 Å². The SMILES string of the molecule is Cc1cccc(CS(=O)(=O)c2ccc(C(=O)O)o2)n1. The molecule has 0 bridgehead atoms. The van der Waals surface area contributed by atoms with Gasteiger partial charge in [-0.05, 0) is 31.2 Å². The summed E-state index contributed by atoms with van der Waals surface area (Å²) in [5.41, 5.74) is 1.09. The topological polar surface area (TPSA) is 97.5 Å². The van der Waals surface area contributed by atoms with Crippen LogP contribution < -0.4 is 0 Å². The number of aromatic carboxylic acids is 1. The first-order valence-corrected chi connectivity index (χ1v) is 7.02. The summed E-state index contributed by atoms with van der Waals surface area (Å²) in [5.74, 6) is -2.05. The Morgan fingerprint density at radius 1 is 1.32 bits per heavy atom. The lowest BCUT2D eigenvalue weighted by molar-refractivity contribution is 0.0656. The van der Waals surface area contributed by atoms with E-state index in [2.05, 4.69) is 4.98 Å². The van der Waals surface area contributed by atoms with E-state index in [1.807, 2.05) is 0 Å². The van der Waals surface area contributed by atoms with Gasteiger partial charge in [0.15, 0.2) is 0 Å². The molecule has 0 saturated carbocycles. The minimum atomic E-state index is -3.74. The van der Waals surface area contributed by atoms with E-state index in [0.29, 0.717) is 11.4 Å². The highest BCUT2D eigenvalue weighted by molar-refractivity contribution is 7.90. The number of pyridine rings is 1. The molecular weight excluding hydrogens is 270 g/mol. The maximum atomic E-state index is 12.0. The van der Waals surface area contributed by atoms with E-state index in [1.165, 1.54) is 0 Å². The second-order valence-corrected chi connectivity index (χ2v) is 5.87. The van der Waals surface area contributed by atoms with Crippen molar-refractivity contribution in [2.75, 3.05) is 0 Å². The van der Waals surface area contributed by atoms with Gasteiger partial charge in [-0.15, -0.1) is 0 Å². The van der Waals surface area contributed by atoms with Crippen molar-refractivity contribution in [2.24, 2.45) is 0 Å². The lowest BCUT2D eigenvalue weighted by Gasteiger charge is -2.01. The van der Waals surface area contributed by atoms with Crippen molar-refractivity contribution >= 4 is 15.8 Å². The predicted molar refractivity (Wildman–Crippen MR) is 65.5 cm³/mol. The van der Waals surface area contributed by atoms with E-state index in [-0.39, 0.29) is 10.8 Å². The summed E-state index contributed by atoms with van der Waals surface area (Å²) < 4.78 is 28.8. The lowest BCUT2D eigenvalue weighted by Crippen LogP contribution is -2.06. The number of carboxylic acids is 1. The fourth-order valence-electron chi connectivity index (χ4n) is 1.55. The predicted octanol–water partition coefficient (Wildman–Crippen LogP) is 1.66. The molecule has 0 aromatic carbocycles. The van der Waals surface area contributed by atoms with Gasteiger partial charge < -0.3 is 9.52 Å².